The summed E-state index contributed by atoms with van der Waals surface area (Å²) in [5, 5.41) is 0. The van der Waals surface area contributed by atoms with Crippen molar-refractivity contribution >= 4 is 17.5 Å². The predicted molar refractivity (Wildman–Crippen MR) is 83.6 cm³/mol. The lowest BCUT2D eigenvalue weighted by Gasteiger charge is -2.11. The normalized spacial score (nSPS) is 17.1. The molecule has 0 spiro atoms. The zero-order valence-electron chi connectivity index (χ0n) is 11.7. The highest BCUT2D eigenvalue weighted by Gasteiger charge is 2.22. The molecular weight excluding hydrogens is 266 g/mol. The Hall–Kier alpha value is -1.48. The molecule has 1 aromatic carbocycles. The van der Waals surface area contributed by atoms with Gasteiger partial charge in [-0.3, -0.25) is 4.79 Å². The van der Waals surface area contributed by atoms with Gasteiger partial charge in [-0.1, -0.05) is 25.1 Å². The fraction of sp³-hybridized carbons (Fsp3) is 0.353. The number of hydrogen-bond donors (Lipinski definition) is 0. The van der Waals surface area contributed by atoms with Crippen molar-refractivity contribution in [2.24, 2.45) is 0 Å². The molecular formula is C17H19NOS. The third-order valence-electron chi connectivity index (χ3n) is 3.78. The van der Waals surface area contributed by atoms with Crippen molar-refractivity contribution in [3.63, 3.8) is 0 Å². The van der Waals surface area contributed by atoms with Crippen LogP contribution in [0.25, 0.3) is 0 Å². The molecule has 0 fully saturated rings. The molecule has 0 saturated carbocycles. The van der Waals surface area contributed by atoms with E-state index in [1.807, 2.05) is 37.1 Å². The van der Waals surface area contributed by atoms with Gasteiger partial charge in [0.05, 0.1) is 0 Å². The van der Waals surface area contributed by atoms with Crippen LogP contribution in [0, 0.1) is 0 Å². The van der Waals surface area contributed by atoms with Gasteiger partial charge in [-0.05, 0) is 24.1 Å². The van der Waals surface area contributed by atoms with Gasteiger partial charge in [0.2, 0.25) is 0 Å². The topological polar surface area (TPSA) is 22.0 Å². The van der Waals surface area contributed by atoms with Gasteiger partial charge in [0, 0.05) is 47.5 Å². The number of thioether (sulfide) groups is 1. The molecule has 2 nitrogen and oxygen atoms in total. The SMILES string of the molecule is CCCC(=O)c1ccn(CC2CSc3ccccc32)c1. The Morgan fingerprint density at radius 3 is 3.05 bits per heavy atom. The molecule has 3 rings (SSSR count). The van der Waals surface area contributed by atoms with Crippen molar-refractivity contribution in [2.45, 2.75) is 37.1 Å². The number of fused-ring (bicyclic) bond motifs is 1. The molecule has 2 heterocycles. The zero-order chi connectivity index (χ0) is 13.9. The van der Waals surface area contributed by atoms with E-state index in [1.54, 1.807) is 0 Å². The minimum atomic E-state index is 0.257. The van der Waals surface area contributed by atoms with E-state index in [1.165, 1.54) is 10.5 Å². The molecule has 0 amide bonds. The first-order valence-corrected chi connectivity index (χ1v) is 8.17. The summed E-state index contributed by atoms with van der Waals surface area (Å²) < 4.78 is 2.16. The second-order valence-electron chi connectivity index (χ2n) is 5.32. The molecule has 1 aromatic heterocycles. The third-order valence-corrected chi connectivity index (χ3v) is 5.03. The number of ketones is 1. The van der Waals surface area contributed by atoms with Crippen LogP contribution in [0.2, 0.25) is 0 Å². The van der Waals surface area contributed by atoms with E-state index in [4.69, 9.17) is 0 Å². The maximum Gasteiger partial charge on any atom is 0.164 e. The van der Waals surface area contributed by atoms with E-state index in [2.05, 4.69) is 28.8 Å². The summed E-state index contributed by atoms with van der Waals surface area (Å²) >= 11 is 1.94. The van der Waals surface area contributed by atoms with Crippen LogP contribution in [-0.2, 0) is 6.54 Å². The average Bonchev–Trinajstić information content (AvgIpc) is 3.08. The molecule has 0 saturated heterocycles. The van der Waals surface area contributed by atoms with Gasteiger partial charge >= 0.3 is 0 Å². The molecule has 0 radical (unpaired) electrons. The predicted octanol–water partition coefficient (Wildman–Crippen LogP) is 4.36. The van der Waals surface area contributed by atoms with Crippen LogP contribution in [0.1, 0.15) is 41.6 Å². The number of carbonyl (C=O) groups excluding carboxylic acids is 1. The second kappa shape index (κ2) is 5.88. The minimum Gasteiger partial charge on any atom is -0.353 e. The summed E-state index contributed by atoms with van der Waals surface area (Å²) in [7, 11) is 0. The quantitative estimate of drug-likeness (QED) is 0.761. The van der Waals surface area contributed by atoms with Crippen LogP contribution in [-0.4, -0.2) is 16.1 Å². The highest BCUT2D eigenvalue weighted by Crippen LogP contribution is 2.40. The molecule has 1 aliphatic heterocycles. The van der Waals surface area contributed by atoms with Gasteiger partial charge in [-0.2, -0.15) is 0 Å². The van der Waals surface area contributed by atoms with Gasteiger partial charge in [0.1, 0.15) is 0 Å². The van der Waals surface area contributed by atoms with Gasteiger partial charge in [-0.15, -0.1) is 11.8 Å². The monoisotopic (exact) mass is 285 g/mol. The number of carbonyl (C=O) groups is 1. The lowest BCUT2D eigenvalue weighted by atomic mass is 10.0. The van der Waals surface area contributed by atoms with Crippen molar-refractivity contribution in [1.29, 1.82) is 0 Å². The lowest BCUT2D eigenvalue weighted by molar-refractivity contribution is 0.0981. The standard InChI is InChI=1S/C17H19NOS/c1-2-5-16(19)13-8-9-18(10-13)11-14-12-20-17-7-4-3-6-15(14)17/h3-4,6-10,14H,2,5,11-12H2,1H3. The van der Waals surface area contributed by atoms with E-state index in [0.29, 0.717) is 12.3 Å². The summed E-state index contributed by atoms with van der Waals surface area (Å²) in [6, 6.07) is 10.6. The molecule has 20 heavy (non-hydrogen) atoms. The molecule has 2 aromatic rings. The maximum absolute atomic E-state index is 11.9. The molecule has 1 aliphatic rings. The lowest BCUT2D eigenvalue weighted by Crippen LogP contribution is -2.07. The number of Topliss-reactive ketones (excluding diaryl/α,β-unsaturated/α-hetero) is 1. The Morgan fingerprint density at radius 2 is 2.20 bits per heavy atom. The van der Waals surface area contributed by atoms with Crippen molar-refractivity contribution in [3.8, 4) is 0 Å². The van der Waals surface area contributed by atoms with Crippen LogP contribution in [0.5, 0.6) is 0 Å². The van der Waals surface area contributed by atoms with Crippen LogP contribution >= 0.6 is 11.8 Å². The molecule has 0 bridgehead atoms. The summed E-state index contributed by atoms with van der Waals surface area (Å²) in [6.45, 7) is 3.00. The molecule has 1 unspecified atom stereocenters. The van der Waals surface area contributed by atoms with Crippen LogP contribution in [0.15, 0.2) is 47.6 Å². The largest absolute Gasteiger partial charge is 0.353 e. The highest BCUT2D eigenvalue weighted by atomic mass is 32.2. The van der Waals surface area contributed by atoms with Crippen LogP contribution in [0.4, 0.5) is 0 Å². The summed E-state index contributed by atoms with van der Waals surface area (Å²) in [6.07, 6.45) is 5.60. The summed E-state index contributed by atoms with van der Waals surface area (Å²) in [5.74, 6) is 1.95. The fourth-order valence-electron chi connectivity index (χ4n) is 2.73. The third kappa shape index (κ3) is 2.68. The Kier molecular flexibility index (Phi) is 3.97. The summed E-state index contributed by atoms with van der Waals surface area (Å²) in [5.41, 5.74) is 2.30. The number of rotatable bonds is 5. The van der Waals surface area contributed by atoms with Crippen LogP contribution < -0.4 is 0 Å². The first-order chi connectivity index (χ1) is 9.78. The van der Waals surface area contributed by atoms with Gasteiger partial charge in [0.25, 0.3) is 0 Å². The highest BCUT2D eigenvalue weighted by molar-refractivity contribution is 7.99. The van der Waals surface area contributed by atoms with E-state index >= 15 is 0 Å². The molecule has 3 heteroatoms. The van der Waals surface area contributed by atoms with E-state index in [-0.39, 0.29) is 5.78 Å². The van der Waals surface area contributed by atoms with E-state index < -0.39 is 0 Å². The van der Waals surface area contributed by atoms with E-state index in [0.717, 1.165) is 24.3 Å². The minimum absolute atomic E-state index is 0.257. The first kappa shape index (κ1) is 13.5. The Labute approximate surface area is 124 Å². The Morgan fingerprint density at radius 1 is 1.35 bits per heavy atom. The number of aromatic nitrogens is 1. The molecule has 0 aliphatic carbocycles. The van der Waals surface area contributed by atoms with Crippen molar-refractivity contribution in [3.05, 3.63) is 53.9 Å². The van der Waals surface area contributed by atoms with Crippen molar-refractivity contribution in [1.82, 2.24) is 4.57 Å². The van der Waals surface area contributed by atoms with Gasteiger partial charge in [0.15, 0.2) is 5.78 Å². The Bertz CT molecular complexity index is 617. The van der Waals surface area contributed by atoms with Crippen molar-refractivity contribution in [2.75, 3.05) is 5.75 Å². The zero-order valence-corrected chi connectivity index (χ0v) is 12.5. The number of hydrogen-bond acceptors (Lipinski definition) is 2. The van der Waals surface area contributed by atoms with Crippen LogP contribution in [0.3, 0.4) is 0 Å². The first-order valence-electron chi connectivity index (χ1n) is 7.18. The molecule has 1 atom stereocenters. The maximum atomic E-state index is 11.9. The second-order valence-corrected chi connectivity index (χ2v) is 6.38. The smallest absolute Gasteiger partial charge is 0.164 e. The summed E-state index contributed by atoms with van der Waals surface area (Å²) in [4.78, 5) is 13.3. The van der Waals surface area contributed by atoms with Gasteiger partial charge in [-0.25, -0.2) is 0 Å². The molecule has 0 N–H and O–H groups in total. The van der Waals surface area contributed by atoms with Gasteiger partial charge < -0.3 is 4.57 Å². The molecule has 104 valence electrons. The number of benzene rings is 1. The van der Waals surface area contributed by atoms with E-state index in [9.17, 15) is 4.79 Å². The average molecular weight is 285 g/mol. The number of nitrogens with zero attached hydrogens (tertiary/aromatic N) is 1. The fourth-order valence-corrected chi connectivity index (χ4v) is 3.97. The van der Waals surface area contributed by atoms with Crippen molar-refractivity contribution < 1.29 is 4.79 Å². The Balaban J connectivity index is 1.72.